The molecule has 2 aromatic heterocycles. The number of nitrogens with zero attached hydrogens (tertiary/aromatic N) is 1. The lowest BCUT2D eigenvalue weighted by molar-refractivity contribution is 0.599. The van der Waals surface area contributed by atoms with Crippen molar-refractivity contribution in [2.45, 2.75) is 4.90 Å². The highest BCUT2D eigenvalue weighted by atomic mass is 35.5. The normalized spacial score (nSPS) is 11.2. The largest absolute Gasteiger partial charge is 0.325 e. The van der Waals surface area contributed by atoms with Gasteiger partial charge in [0.1, 0.15) is 0 Å². The number of halogens is 1. The molecule has 2 aromatic rings. The van der Waals surface area contributed by atoms with Crippen molar-refractivity contribution >= 4 is 27.3 Å². The Balaban J connectivity index is 2.47. The van der Waals surface area contributed by atoms with Crippen LogP contribution in [0.4, 0.5) is 5.69 Å². The van der Waals surface area contributed by atoms with Gasteiger partial charge in [-0.05, 0) is 6.07 Å². The molecule has 0 radical (unpaired) electrons. The van der Waals surface area contributed by atoms with Gasteiger partial charge < -0.3 is 4.98 Å². The fourth-order valence-electron chi connectivity index (χ4n) is 1.25. The second kappa shape index (κ2) is 4.86. The monoisotopic (exact) mass is 302 g/mol. The first-order chi connectivity index (χ1) is 8.90. The number of sulfonamides is 1. The van der Waals surface area contributed by atoms with Crippen LogP contribution in [0.5, 0.6) is 0 Å². The van der Waals surface area contributed by atoms with E-state index < -0.39 is 26.2 Å². The molecule has 0 saturated heterocycles. The third-order valence-electron chi connectivity index (χ3n) is 2.09. The van der Waals surface area contributed by atoms with Crippen molar-refractivity contribution in [2.24, 2.45) is 0 Å². The second-order valence-corrected chi connectivity index (χ2v) is 5.46. The number of aromatic amines is 2. The van der Waals surface area contributed by atoms with E-state index >= 15 is 0 Å². The Hall–Kier alpha value is -2.13. The summed E-state index contributed by atoms with van der Waals surface area (Å²) in [4.78, 5) is 29.2. The minimum absolute atomic E-state index is 0.0229. The minimum atomic E-state index is -4.17. The van der Waals surface area contributed by atoms with E-state index in [2.05, 4.69) is 14.7 Å². The zero-order valence-corrected chi connectivity index (χ0v) is 10.7. The van der Waals surface area contributed by atoms with E-state index in [0.29, 0.717) is 0 Å². The Kier molecular flexibility index (Phi) is 3.40. The number of hydrogen-bond donors (Lipinski definition) is 3. The van der Waals surface area contributed by atoms with Gasteiger partial charge in [-0.3, -0.25) is 19.5 Å². The summed E-state index contributed by atoms with van der Waals surface area (Å²) in [5, 5.41) is 0.124. The first-order valence-electron chi connectivity index (χ1n) is 4.84. The number of anilines is 1. The Morgan fingerprint density at radius 3 is 2.68 bits per heavy atom. The van der Waals surface area contributed by atoms with Gasteiger partial charge >= 0.3 is 5.69 Å². The molecule has 19 heavy (non-hydrogen) atoms. The molecular formula is C9H7ClN4O4S. The maximum Gasteiger partial charge on any atom is 0.325 e. The first-order valence-corrected chi connectivity index (χ1v) is 6.70. The smallest absolute Gasteiger partial charge is 0.313 e. The molecule has 0 fully saturated rings. The lowest BCUT2D eigenvalue weighted by Gasteiger charge is -2.07. The summed E-state index contributed by atoms with van der Waals surface area (Å²) < 4.78 is 26.0. The summed E-state index contributed by atoms with van der Waals surface area (Å²) in [7, 11) is -4.17. The zero-order valence-electron chi connectivity index (χ0n) is 9.18. The summed E-state index contributed by atoms with van der Waals surface area (Å²) >= 11 is 5.77. The summed E-state index contributed by atoms with van der Waals surface area (Å²) in [6.07, 6.45) is 3.38. The van der Waals surface area contributed by atoms with Crippen LogP contribution in [0.25, 0.3) is 0 Å². The van der Waals surface area contributed by atoms with Crippen LogP contribution in [-0.2, 0) is 10.0 Å². The summed E-state index contributed by atoms with van der Waals surface area (Å²) in [6.45, 7) is 0. The molecule has 0 amide bonds. The fraction of sp³-hybridized carbons (Fsp3) is 0. The third kappa shape index (κ3) is 2.83. The van der Waals surface area contributed by atoms with Gasteiger partial charge in [0, 0.05) is 12.4 Å². The maximum absolute atomic E-state index is 11.9. The van der Waals surface area contributed by atoms with Gasteiger partial charge in [-0.2, -0.15) is 0 Å². The minimum Gasteiger partial charge on any atom is -0.313 e. The molecule has 0 spiro atoms. The van der Waals surface area contributed by atoms with Crippen molar-refractivity contribution < 1.29 is 8.42 Å². The van der Waals surface area contributed by atoms with Crippen LogP contribution in [0.15, 0.2) is 39.1 Å². The van der Waals surface area contributed by atoms with E-state index in [1.165, 1.54) is 18.5 Å². The molecule has 0 atom stereocenters. The average molecular weight is 303 g/mol. The van der Waals surface area contributed by atoms with Gasteiger partial charge in [0.05, 0.1) is 16.9 Å². The molecule has 3 N–H and O–H groups in total. The molecule has 8 nitrogen and oxygen atoms in total. The molecule has 100 valence electrons. The van der Waals surface area contributed by atoms with Crippen molar-refractivity contribution in [3.63, 3.8) is 0 Å². The number of nitrogens with one attached hydrogen (secondary N) is 3. The van der Waals surface area contributed by atoms with Crippen molar-refractivity contribution in [1.82, 2.24) is 15.0 Å². The molecule has 10 heteroatoms. The van der Waals surface area contributed by atoms with E-state index in [1.807, 2.05) is 4.98 Å². The Labute approximate surface area is 111 Å². The molecule has 0 saturated carbocycles. The quantitative estimate of drug-likeness (QED) is 0.731. The van der Waals surface area contributed by atoms with Gasteiger partial charge in [0.15, 0.2) is 4.90 Å². The van der Waals surface area contributed by atoms with Gasteiger partial charge in [-0.15, -0.1) is 0 Å². The van der Waals surface area contributed by atoms with Crippen LogP contribution in [0.1, 0.15) is 0 Å². The van der Waals surface area contributed by atoms with E-state index in [1.54, 1.807) is 0 Å². The lowest BCUT2D eigenvalue weighted by atomic mass is 10.4. The molecular weight excluding hydrogens is 296 g/mol. The second-order valence-electron chi connectivity index (χ2n) is 3.40. The SMILES string of the molecule is O=c1[nH]cc(S(=O)(=O)Nc2cnccc2Cl)c(=O)[nH]1. The predicted molar refractivity (Wildman–Crippen MR) is 67.7 cm³/mol. The number of H-pyrrole nitrogens is 2. The van der Waals surface area contributed by atoms with Crippen LogP contribution in [-0.4, -0.2) is 23.4 Å². The number of pyridine rings is 1. The van der Waals surface area contributed by atoms with Gasteiger partial charge in [0.2, 0.25) is 0 Å². The molecule has 0 aromatic carbocycles. The molecule has 0 aliphatic heterocycles. The van der Waals surface area contributed by atoms with Crippen molar-refractivity contribution in [2.75, 3.05) is 4.72 Å². The van der Waals surface area contributed by atoms with Crippen molar-refractivity contribution in [3.05, 3.63) is 50.5 Å². The van der Waals surface area contributed by atoms with Crippen LogP contribution >= 0.6 is 11.6 Å². The Morgan fingerprint density at radius 1 is 1.32 bits per heavy atom. The van der Waals surface area contributed by atoms with Crippen LogP contribution in [0, 0.1) is 0 Å². The molecule has 2 rings (SSSR count). The highest BCUT2D eigenvalue weighted by Crippen LogP contribution is 2.21. The van der Waals surface area contributed by atoms with Crippen LogP contribution in [0.3, 0.4) is 0 Å². The fourth-order valence-corrected chi connectivity index (χ4v) is 2.53. The molecule has 2 heterocycles. The highest BCUT2D eigenvalue weighted by Gasteiger charge is 2.20. The van der Waals surface area contributed by atoms with E-state index in [0.717, 1.165) is 6.20 Å². The van der Waals surface area contributed by atoms with Crippen molar-refractivity contribution in [1.29, 1.82) is 0 Å². The number of rotatable bonds is 3. The van der Waals surface area contributed by atoms with E-state index in [-0.39, 0.29) is 10.7 Å². The van der Waals surface area contributed by atoms with Gasteiger partial charge in [-0.25, -0.2) is 13.2 Å². The number of aromatic nitrogens is 3. The summed E-state index contributed by atoms with van der Waals surface area (Å²) in [5.41, 5.74) is -1.81. The lowest BCUT2D eigenvalue weighted by Crippen LogP contribution is -2.29. The topological polar surface area (TPSA) is 125 Å². The molecule has 0 bridgehead atoms. The third-order valence-corrected chi connectivity index (χ3v) is 3.79. The van der Waals surface area contributed by atoms with Gasteiger partial charge in [0.25, 0.3) is 15.6 Å². The van der Waals surface area contributed by atoms with Crippen LogP contribution in [0.2, 0.25) is 5.02 Å². The Bertz CT molecular complexity index is 826. The molecule has 0 unspecified atom stereocenters. The first kappa shape index (κ1) is 13.3. The highest BCUT2D eigenvalue weighted by molar-refractivity contribution is 7.92. The van der Waals surface area contributed by atoms with Crippen LogP contribution < -0.4 is 16.0 Å². The molecule has 0 aliphatic rings. The number of hydrogen-bond acceptors (Lipinski definition) is 5. The summed E-state index contributed by atoms with van der Waals surface area (Å²) in [6, 6.07) is 1.39. The average Bonchev–Trinajstić information content (AvgIpc) is 2.31. The predicted octanol–water partition coefficient (Wildman–Crippen LogP) is -0.0876. The van der Waals surface area contributed by atoms with E-state index in [4.69, 9.17) is 11.6 Å². The van der Waals surface area contributed by atoms with Crippen molar-refractivity contribution in [3.8, 4) is 0 Å². The van der Waals surface area contributed by atoms with Gasteiger partial charge in [-0.1, -0.05) is 11.6 Å². The maximum atomic E-state index is 11.9. The zero-order chi connectivity index (χ0) is 14.0. The summed E-state index contributed by atoms with van der Waals surface area (Å²) in [5.74, 6) is 0. The van der Waals surface area contributed by atoms with E-state index in [9.17, 15) is 18.0 Å². The standard InChI is InChI=1S/C9H7ClN4O4S/c10-5-1-2-11-3-6(5)14-19(17,18)7-4-12-9(16)13-8(7)15/h1-4,14H,(H2,12,13,15,16). The molecule has 0 aliphatic carbocycles. The Morgan fingerprint density at radius 2 is 2.05 bits per heavy atom.